The standard InChI is InChI=1S/C8H16F2N2.C5H10O2/c9-8(10)6-12-5-3-7(8)2-1-4-11;1-5(2,3)7-4-6/h7,12H,1-6,11H2;4H,1-3H3. The molecule has 0 radical (unpaired) electrons. The molecule has 0 aromatic heterocycles. The summed E-state index contributed by atoms with van der Waals surface area (Å²) in [6.07, 6.45) is 1.85. The Balaban J connectivity index is 0.000000399. The summed E-state index contributed by atoms with van der Waals surface area (Å²) in [6, 6.07) is 0. The Morgan fingerprint density at radius 1 is 1.47 bits per heavy atom. The fourth-order valence-corrected chi connectivity index (χ4v) is 1.75. The molecule has 19 heavy (non-hydrogen) atoms. The smallest absolute Gasteiger partial charge is 0.293 e. The number of hydrogen-bond donors (Lipinski definition) is 2. The lowest BCUT2D eigenvalue weighted by atomic mass is 9.90. The van der Waals surface area contributed by atoms with Crippen LogP contribution >= 0.6 is 0 Å². The molecule has 1 aliphatic heterocycles. The van der Waals surface area contributed by atoms with E-state index in [9.17, 15) is 13.6 Å². The van der Waals surface area contributed by atoms with Crippen LogP contribution in [0.4, 0.5) is 8.78 Å². The number of piperidine rings is 1. The van der Waals surface area contributed by atoms with Crippen LogP contribution in [0.3, 0.4) is 0 Å². The minimum absolute atomic E-state index is 0.164. The van der Waals surface area contributed by atoms with E-state index in [1.807, 2.05) is 20.8 Å². The molecule has 0 amide bonds. The summed E-state index contributed by atoms with van der Waals surface area (Å²) in [7, 11) is 0. The van der Waals surface area contributed by atoms with Gasteiger partial charge in [0.1, 0.15) is 5.60 Å². The summed E-state index contributed by atoms with van der Waals surface area (Å²) in [5.74, 6) is -2.98. The van der Waals surface area contributed by atoms with Crippen molar-refractivity contribution in [2.24, 2.45) is 11.7 Å². The van der Waals surface area contributed by atoms with Crippen molar-refractivity contribution in [1.29, 1.82) is 0 Å². The minimum atomic E-state index is -2.52. The second-order valence-electron chi connectivity index (χ2n) is 5.68. The highest BCUT2D eigenvalue weighted by atomic mass is 19.3. The third-order valence-corrected chi connectivity index (χ3v) is 2.79. The maximum Gasteiger partial charge on any atom is 0.293 e. The number of nitrogens with one attached hydrogen (secondary N) is 1. The molecule has 1 unspecified atom stereocenters. The largest absolute Gasteiger partial charge is 0.462 e. The monoisotopic (exact) mass is 280 g/mol. The van der Waals surface area contributed by atoms with E-state index in [4.69, 9.17) is 5.73 Å². The molecule has 6 heteroatoms. The zero-order valence-corrected chi connectivity index (χ0v) is 12.0. The van der Waals surface area contributed by atoms with Gasteiger partial charge < -0.3 is 15.8 Å². The third kappa shape index (κ3) is 8.88. The van der Waals surface area contributed by atoms with Crippen LogP contribution < -0.4 is 11.1 Å². The van der Waals surface area contributed by atoms with E-state index in [-0.39, 0.29) is 12.1 Å². The number of carbonyl (C=O) groups excluding carboxylic acids is 1. The second kappa shape index (κ2) is 8.43. The molecule has 0 aromatic rings. The normalized spacial score (nSPS) is 22.1. The number of carbonyl (C=O) groups is 1. The molecular weight excluding hydrogens is 254 g/mol. The number of halogens is 2. The van der Waals surface area contributed by atoms with Gasteiger partial charge in [-0.15, -0.1) is 0 Å². The van der Waals surface area contributed by atoms with E-state index in [2.05, 4.69) is 10.1 Å². The van der Waals surface area contributed by atoms with E-state index in [0.717, 1.165) is 0 Å². The van der Waals surface area contributed by atoms with E-state index in [1.165, 1.54) is 0 Å². The molecule has 1 atom stereocenters. The lowest BCUT2D eigenvalue weighted by Crippen LogP contribution is -2.46. The van der Waals surface area contributed by atoms with Crippen molar-refractivity contribution in [3.05, 3.63) is 0 Å². The number of rotatable bonds is 4. The molecule has 1 heterocycles. The summed E-state index contributed by atoms with van der Waals surface area (Å²) in [5, 5.41) is 2.70. The van der Waals surface area contributed by atoms with Crippen molar-refractivity contribution >= 4 is 6.47 Å². The van der Waals surface area contributed by atoms with Crippen LogP contribution in [0.25, 0.3) is 0 Å². The number of hydrogen-bond acceptors (Lipinski definition) is 4. The Bertz CT molecular complexity index is 256. The lowest BCUT2D eigenvalue weighted by molar-refractivity contribution is -0.138. The van der Waals surface area contributed by atoms with Gasteiger partial charge in [-0.05, 0) is 53.1 Å². The van der Waals surface area contributed by atoms with Gasteiger partial charge >= 0.3 is 0 Å². The molecule has 0 bridgehead atoms. The highest BCUT2D eigenvalue weighted by molar-refractivity contribution is 5.37. The van der Waals surface area contributed by atoms with Gasteiger partial charge in [0.15, 0.2) is 0 Å². The maximum atomic E-state index is 13.1. The van der Waals surface area contributed by atoms with Gasteiger partial charge in [0.05, 0.1) is 6.54 Å². The number of nitrogens with two attached hydrogens (primary N) is 1. The van der Waals surface area contributed by atoms with Crippen molar-refractivity contribution < 1.29 is 18.3 Å². The zero-order chi connectivity index (χ0) is 14.9. The molecule has 1 rings (SSSR count). The lowest BCUT2D eigenvalue weighted by Gasteiger charge is -2.31. The summed E-state index contributed by atoms with van der Waals surface area (Å²) in [4.78, 5) is 9.60. The van der Waals surface area contributed by atoms with Crippen molar-refractivity contribution in [3.8, 4) is 0 Å². The number of ether oxygens (including phenoxy) is 1. The summed E-state index contributed by atoms with van der Waals surface area (Å²) in [6.45, 7) is 6.98. The van der Waals surface area contributed by atoms with Gasteiger partial charge in [-0.25, -0.2) is 8.78 Å². The summed E-state index contributed by atoms with van der Waals surface area (Å²) >= 11 is 0. The van der Waals surface area contributed by atoms with Crippen molar-refractivity contribution in [2.75, 3.05) is 19.6 Å². The van der Waals surface area contributed by atoms with Gasteiger partial charge in [-0.2, -0.15) is 0 Å². The summed E-state index contributed by atoms with van der Waals surface area (Å²) < 4.78 is 30.7. The molecule has 4 nitrogen and oxygen atoms in total. The first kappa shape index (κ1) is 18.2. The van der Waals surface area contributed by atoms with Crippen molar-refractivity contribution in [2.45, 2.75) is 51.6 Å². The highest BCUT2D eigenvalue weighted by Crippen LogP contribution is 2.32. The Hall–Kier alpha value is -0.750. The fourth-order valence-electron chi connectivity index (χ4n) is 1.75. The summed E-state index contributed by atoms with van der Waals surface area (Å²) in [5.41, 5.74) is 4.96. The maximum absolute atomic E-state index is 13.1. The molecule has 114 valence electrons. The average molecular weight is 280 g/mol. The topological polar surface area (TPSA) is 64.3 Å². The first-order chi connectivity index (χ1) is 8.73. The van der Waals surface area contributed by atoms with Crippen molar-refractivity contribution in [3.63, 3.8) is 0 Å². The van der Waals surface area contributed by atoms with Crippen LogP contribution in [0.15, 0.2) is 0 Å². The Labute approximate surface area is 114 Å². The molecular formula is C13H26F2N2O2. The molecule has 0 aliphatic carbocycles. The van der Waals surface area contributed by atoms with Gasteiger partial charge in [0, 0.05) is 5.92 Å². The predicted octanol–water partition coefficient (Wildman–Crippen LogP) is 1.93. The SMILES string of the molecule is CC(C)(C)OC=O.NCCCC1CCNCC1(F)F. The van der Waals surface area contributed by atoms with E-state index >= 15 is 0 Å². The van der Waals surface area contributed by atoms with Crippen LogP contribution in [0.2, 0.25) is 0 Å². The van der Waals surface area contributed by atoms with Crippen molar-refractivity contribution in [1.82, 2.24) is 5.32 Å². The van der Waals surface area contributed by atoms with Crippen LogP contribution in [-0.2, 0) is 9.53 Å². The second-order valence-corrected chi connectivity index (χ2v) is 5.68. The minimum Gasteiger partial charge on any atom is -0.462 e. The molecule has 3 N–H and O–H groups in total. The fraction of sp³-hybridized carbons (Fsp3) is 0.923. The Kier molecular flexibility index (Phi) is 8.09. The van der Waals surface area contributed by atoms with Crippen LogP contribution in [0.5, 0.6) is 0 Å². The highest BCUT2D eigenvalue weighted by Gasteiger charge is 2.40. The first-order valence-electron chi connectivity index (χ1n) is 6.63. The van der Waals surface area contributed by atoms with E-state index < -0.39 is 11.8 Å². The molecule has 1 aliphatic rings. The Morgan fingerprint density at radius 2 is 2.11 bits per heavy atom. The van der Waals surface area contributed by atoms with Crippen LogP contribution in [0, 0.1) is 5.92 Å². The molecule has 1 saturated heterocycles. The van der Waals surface area contributed by atoms with Crippen LogP contribution in [-0.4, -0.2) is 37.6 Å². The molecule has 1 fully saturated rings. The average Bonchev–Trinajstić information content (AvgIpc) is 2.26. The third-order valence-electron chi connectivity index (χ3n) is 2.79. The number of alkyl halides is 2. The Morgan fingerprint density at radius 3 is 2.47 bits per heavy atom. The van der Waals surface area contributed by atoms with Gasteiger partial charge in [0.25, 0.3) is 12.4 Å². The first-order valence-corrected chi connectivity index (χ1v) is 6.63. The molecule has 0 spiro atoms. The van der Waals surface area contributed by atoms with E-state index in [1.54, 1.807) is 0 Å². The van der Waals surface area contributed by atoms with Crippen LogP contribution in [0.1, 0.15) is 40.0 Å². The molecule has 0 saturated carbocycles. The van der Waals surface area contributed by atoms with Gasteiger partial charge in [0.2, 0.25) is 0 Å². The van der Waals surface area contributed by atoms with Gasteiger partial charge in [-0.1, -0.05) is 0 Å². The van der Waals surface area contributed by atoms with Gasteiger partial charge in [-0.3, -0.25) is 4.79 Å². The van der Waals surface area contributed by atoms with E-state index in [0.29, 0.717) is 38.8 Å². The zero-order valence-electron chi connectivity index (χ0n) is 12.0. The quantitative estimate of drug-likeness (QED) is 0.772. The molecule has 0 aromatic carbocycles. The predicted molar refractivity (Wildman–Crippen MR) is 71.1 cm³/mol.